The molecule has 0 saturated heterocycles. The molecule has 0 N–H and O–H groups in total. The van der Waals surface area contributed by atoms with Crippen molar-refractivity contribution in [3.63, 3.8) is 0 Å². The molecular formula is C16H17NO. The summed E-state index contributed by atoms with van der Waals surface area (Å²) in [5, 5.41) is 0. The molecule has 2 aromatic rings. The van der Waals surface area contributed by atoms with Crippen LogP contribution in [0.25, 0.3) is 11.1 Å². The van der Waals surface area contributed by atoms with Crippen molar-refractivity contribution in [1.29, 1.82) is 0 Å². The van der Waals surface area contributed by atoms with E-state index in [9.17, 15) is 4.79 Å². The summed E-state index contributed by atoms with van der Waals surface area (Å²) in [6.07, 6.45) is 3.49. The number of ketones is 1. The Morgan fingerprint density at radius 3 is 2.22 bits per heavy atom. The number of hydrogen-bond acceptors (Lipinski definition) is 2. The van der Waals surface area contributed by atoms with Gasteiger partial charge in [-0.3, -0.25) is 9.78 Å². The van der Waals surface area contributed by atoms with Gasteiger partial charge in [0.25, 0.3) is 0 Å². The van der Waals surface area contributed by atoms with Gasteiger partial charge in [-0.05, 0) is 23.3 Å². The lowest BCUT2D eigenvalue weighted by Gasteiger charge is -2.19. The molecule has 0 fully saturated rings. The van der Waals surface area contributed by atoms with Gasteiger partial charge < -0.3 is 0 Å². The first-order valence-corrected chi connectivity index (χ1v) is 6.04. The molecule has 0 atom stereocenters. The maximum absolute atomic E-state index is 12.4. The van der Waals surface area contributed by atoms with Gasteiger partial charge in [-0.25, -0.2) is 0 Å². The molecule has 0 aliphatic rings. The second-order valence-corrected chi connectivity index (χ2v) is 5.36. The lowest BCUT2D eigenvalue weighted by atomic mass is 9.83. The molecule has 0 bridgehead atoms. The van der Waals surface area contributed by atoms with Gasteiger partial charge in [-0.2, -0.15) is 0 Å². The van der Waals surface area contributed by atoms with Crippen molar-refractivity contribution < 1.29 is 4.79 Å². The van der Waals surface area contributed by atoms with Gasteiger partial charge in [0.15, 0.2) is 5.78 Å². The Hall–Kier alpha value is -1.96. The normalized spacial score (nSPS) is 11.3. The minimum Gasteiger partial charge on any atom is -0.294 e. The van der Waals surface area contributed by atoms with Gasteiger partial charge in [-0.1, -0.05) is 45.0 Å². The van der Waals surface area contributed by atoms with Gasteiger partial charge in [0.2, 0.25) is 0 Å². The van der Waals surface area contributed by atoms with E-state index in [2.05, 4.69) is 4.98 Å². The molecule has 0 aliphatic carbocycles. The molecule has 1 aromatic carbocycles. The fourth-order valence-electron chi connectivity index (χ4n) is 1.87. The molecule has 0 aliphatic heterocycles. The van der Waals surface area contributed by atoms with Crippen molar-refractivity contribution in [2.45, 2.75) is 20.8 Å². The van der Waals surface area contributed by atoms with E-state index in [0.29, 0.717) is 0 Å². The minimum atomic E-state index is -0.372. The van der Waals surface area contributed by atoms with E-state index in [1.165, 1.54) is 0 Å². The van der Waals surface area contributed by atoms with Crippen molar-refractivity contribution in [2.24, 2.45) is 5.41 Å². The molecule has 1 heterocycles. The summed E-state index contributed by atoms with van der Waals surface area (Å²) < 4.78 is 0. The molecule has 92 valence electrons. The quantitative estimate of drug-likeness (QED) is 0.742. The molecule has 2 heteroatoms. The van der Waals surface area contributed by atoms with Gasteiger partial charge in [0.05, 0.1) is 0 Å². The third kappa shape index (κ3) is 2.48. The fourth-order valence-corrected chi connectivity index (χ4v) is 1.87. The van der Waals surface area contributed by atoms with Crippen LogP contribution in [-0.4, -0.2) is 10.8 Å². The second kappa shape index (κ2) is 4.73. The van der Waals surface area contributed by atoms with E-state index in [4.69, 9.17) is 0 Å². The average Bonchev–Trinajstić information content (AvgIpc) is 2.38. The predicted molar refractivity (Wildman–Crippen MR) is 73.5 cm³/mol. The van der Waals surface area contributed by atoms with E-state index in [1.807, 2.05) is 57.2 Å². The highest BCUT2D eigenvalue weighted by Crippen LogP contribution is 2.29. The zero-order valence-corrected chi connectivity index (χ0v) is 11.0. The largest absolute Gasteiger partial charge is 0.294 e. The van der Waals surface area contributed by atoms with E-state index in [-0.39, 0.29) is 11.2 Å². The average molecular weight is 239 g/mol. The molecule has 0 unspecified atom stereocenters. The number of carbonyl (C=O) groups excluding carboxylic acids is 1. The van der Waals surface area contributed by atoms with Crippen molar-refractivity contribution in [1.82, 2.24) is 4.98 Å². The van der Waals surface area contributed by atoms with Crippen LogP contribution in [0.4, 0.5) is 0 Å². The number of Topliss-reactive ketones (excluding diaryl/α,β-unsaturated/α-hetero) is 1. The highest BCUT2D eigenvalue weighted by Gasteiger charge is 2.25. The number of hydrogen-bond donors (Lipinski definition) is 0. The Morgan fingerprint density at radius 2 is 1.61 bits per heavy atom. The Labute approximate surface area is 108 Å². The van der Waals surface area contributed by atoms with Gasteiger partial charge in [0.1, 0.15) is 0 Å². The summed E-state index contributed by atoms with van der Waals surface area (Å²) in [6, 6.07) is 11.6. The Morgan fingerprint density at radius 1 is 1.00 bits per heavy atom. The minimum absolute atomic E-state index is 0.162. The van der Waals surface area contributed by atoms with Crippen LogP contribution >= 0.6 is 0 Å². The molecule has 2 rings (SSSR count). The molecule has 0 radical (unpaired) electrons. The molecule has 0 saturated carbocycles. The van der Waals surface area contributed by atoms with Crippen molar-refractivity contribution >= 4 is 5.78 Å². The van der Waals surface area contributed by atoms with Crippen LogP contribution in [0.1, 0.15) is 31.1 Å². The first-order valence-electron chi connectivity index (χ1n) is 6.04. The number of aromatic nitrogens is 1. The number of pyridine rings is 1. The maximum atomic E-state index is 12.4. The fraction of sp³-hybridized carbons (Fsp3) is 0.250. The third-order valence-corrected chi connectivity index (χ3v) is 2.84. The lowest BCUT2D eigenvalue weighted by Crippen LogP contribution is -2.20. The summed E-state index contributed by atoms with van der Waals surface area (Å²) in [4.78, 5) is 16.5. The molecule has 0 spiro atoms. The van der Waals surface area contributed by atoms with Crippen molar-refractivity contribution in [3.05, 3.63) is 54.4 Å². The van der Waals surface area contributed by atoms with E-state index in [1.54, 1.807) is 12.4 Å². The highest BCUT2D eigenvalue weighted by atomic mass is 16.1. The summed E-state index contributed by atoms with van der Waals surface area (Å²) in [5.74, 6) is 0.162. The van der Waals surface area contributed by atoms with Gasteiger partial charge in [-0.15, -0.1) is 0 Å². The van der Waals surface area contributed by atoms with Crippen LogP contribution in [0.3, 0.4) is 0 Å². The van der Waals surface area contributed by atoms with Gasteiger partial charge in [0, 0.05) is 23.4 Å². The molecular weight excluding hydrogens is 222 g/mol. The number of nitrogens with zero attached hydrogens (tertiary/aromatic N) is 1. The number of rotatable bonds is 2. The SMILES string of the molecule is CC(C)(C)C(=O)c1ccccc1-c1ccncc1. The number of carbonyl (C=O) groups is 1. The summed E-state index contributed by atoms with van der Waals surface area (Å²) >= 11 is 0. The first-order chi connectivity index (χ1) is 8.50. The number of benzene rings is 1. The zero-order valence-electron chi connectivity index (χ0n) is 11.0. The van der Waals surface area contributed by atoms with Crippen molar-refractivity contribution in [3.8, 4) is 11.1 Å². The molecule has 0 amide bonds. The maximum Gasteiger partial charge on any atom is 0.168 e. The van der Waals surface area contributed by atoms with Crippen molar-refractivity contribution in [2.75, 3.05) is 0 Å². The topological polar surface area (TPSA) is 30.0 Å². The van der Waals surface area contributed by atoms with Crippen LogP contribution in [0.15, 0.2) is 48.8 Å². The van der Waals surface area contributed by atoms with Crippen LogP contribution in [0.2, 0.25) is 0 Å². The Balaban J connectivity index is 2.54. The zero-order chi connectivity index (χ0) is 13.2. The smallest absolute Gasteiger partial charge is 0.168 e. The second-order valence-electron chi connectivity index (χ2n) is 5.36. The van der Waals surface area contributed by atoms with Crippen LogP contribution < -0.4 is 0 Å². The first kappa shape index (κ1) is 12.5. The Kier molecular flexibility index (Phi) is 3.28. The monoisotopic (exact) mass is 239 g/mol. The lowest BCUT2D eigenvalue weighted by molar-refractivity contribution is 0.0859. The van der Waals surface area contributed by atoms with Crippen LogP contribution in [0.5, 0.6) is 0 Å². The molecule has 2 nitrogen and oxygen atoms in total. The Bertz CT molecular complexity index is 553. The standard InChI is InChI=1S/C16H17NO/c1-16(2,3)15(18)14-7-5-4-6-13(14)12-8-10-17-11-9-12/h4-11H,1-3H3. The summed E-state index contributed by atoms with van der Waals surface area (Å²) in [6.45, 7) is 5.83. The predicted octanol–water partition coefficient (Wildman–Crippen LogP) is 3.98. The molecule has 1 aromatic heterocycles. The van der Waals surface area contributed by atoms with E-state index in [0.717, 1.165) is 16.7 Å². The van der Waals surface area contributed by atoms with Gasteiger partial charge >= 0.3 is 0 Å². The summed E-state index contributed by atoms with van der Waals surface area (Å²) in [5.41, 5.74) is 2.40. The van der Waals surface area contributed by atoms with E-state index >= 15 is 0 Å². The van der Waals surface area contributed by atoms with Crippen LogP contribution in [-0.2, 0) is 0 Å². The van der Waals surface area contributed by atoms with E-state index < -0.39 is 0 Å². The summed E-state index contributed by atoms with van der Waals surface area (Å²) in [7, 11) is 0. The highest BCUT2D eigenvalue weighted by molar-refractivity contribution is 6.05. The third-order valence-electron chi connectivity index (χ3n) is 2.84. The van der Waals surface area contributed by atoms with Crippen LogP contribution in [0, 0.1) is 5.41 Å². The molecule has 18 heavy (non-hydrogen) atoms.